The van der Waals surface area contributed by atoms with E-state index in [2.05, 4.69) is 4.98 Å². The zero-order valence-electron chi connectivity index (χ0n) is 11.3. The second-order valence-electron chi connectivity index (χ2n) is 5.41. The number of nitrogens with zero attached hydrogens (tertiary/aromatic N) is 2. The van der Waals surface area contributed by atoms with Gasteiger partial charge in [-0.1, -0.05) is 0 Å². The van der Waals surface area contributed by atoms with Gasteiger partial charge in [0.25, 0.3) is 5.91 Å². The highest BCUT2D eigenvalue weighted by Crippen LogP contribution is 2.31. The van der Waals surface area contributed by atoms with E-state index in [4.69, 9.17) is 5.73 Å². The van der Waals surface area contributed by atoms with Gasteiger partial charge >= 0.3 is 0 Å². The third-order valence-corrected chi connectivity index (χ3v) is 3.34. The maximum atomic E-state index is 12.5. The van der Waals surface area contributed by atoms with Crippen LogP contribution in [0.1, 0.15) is 42.7 Å². The highest BCUT2D eigenvalue weighted by atomic mass is 16.2. The summed E-state index contributed by atoms with van der Waals surface area (Å²) in [6.07, 6.45) is 4.06. The largest absolute Gasteiger partial charge is 0.398 e. The van der Waals surface area contributed by atoms with Crippen molar-refractivity contribution in [3.05, 3.63) is 23.5 Å². The number of nitrogen functional groups attached to an aromatic ring is 1. The van der Waals surface area contributed by atoms with E-state index in [1.54, 1.807) is 12.3 Å². The molecule has 2 rings (SSSR count). The molecule has 1 heterocycles. The van der Waals surface area contributed by atoms with Crippen molar-refractivity contribution < 1.29 is 4.79 Å². The average molecular weight is 247 g/mol. The molecular weight excluding hydrogens is 226 g/mol. The molecule has 2 N–H and O–H groups in total. The summed E-state index contributed by atoms with van der Waals surface area (Å²) in [5.41, 5.74) is 7.80. The first-order chi connectivity index (χ1) is 8.49. The van der Waals surface area contributed by atoms with E-state index < -0.39 is 0 Å². The van der Waals surface area contributed by atoms with Gasteiger partial charge in [-0.3, -0.25) is 9.78 Å². The molecule has 4 heteroatoms. The van der Waals surface area contributed by atoms with Crippen molar-refractivity contribution in [2.75, 3.05) is 12.3 Å². The van der Waals surface area contributed by atoms with Gasteiger partial charge in [0, 0.05) is 30.2 Å². The monoisotopic (exact) mass is 247 g/mol. The van der Waals surface area contributed by atoms with Gasteiger partial charge in [-0.25, -0.2) is 0 Å². The summed E-state index contributed by atoms with van der Waals surface area (Å²) in [6, 6.07) is 1.95. The third-order valence-electron chi connectivity index (χ3n) is 3.34. The molecule has 0 radical (unpaired) electrons. The van der Waals surface area contributed by atoms with Gasteiger partial charge in [0.1, 0.15) is 0 Å². The van der Waals surface area contributed by atoms with Crippen LogP contribution < -0.4 is 5.73 Å². The Labute approximate surface area is 108 Å². The first kappa shape index (κ1) is 12.9. The molecule has 4 nitrogen and oxygen atoms in total. The summed E-state index contributed by atoms with van der Waals surface area (Å²) in [7, 11) is 0. The minimum Gasteiger partial charge on any atom is -0.398 e. The number of hydrogen-bond donors (Lipinski definition) is 1. The molecule has 0 saturated heterocycles. The fourth-order valence-electron chi connectivity index (χ4n) is 2.02. The number of anilines is 1. The van der Waals surface area contributed by atoms with Gasteiger partial charge in [0.2, 0.25) is 0 Å². The normalized spacial score (nSPS) is 14.9. The van der Waals surface area contributed by atoms with Crippen LogP contribution in [0.4, 0.5) is 5.69 Å². The summed E-state index contributed by atoms with van der Waals surface area (Å²) in [5.74, 6) is 0.679. The molecule has 1 aliphatic carbocycles. The second-order valence-corrected chi connectivity index (χ2v) is 5.41. The summed E-state index contributed by atoms with van der Waals surface area (Å²) in [5, 5.41) is 0. The van der Waals surface area contributed by atoms with Gasteiger partial charge in [-0.05, 0) is 45.6 Å². The van der Waals surface area contributed by atoms with Crippen molar-refractivity contribution in [2.45, 2.75) is 39.7 Å². The van der Waals surface area contributed by atoms with Crippen LogP contribution in [0.5, 0.6) is 0 Å². The number of amides is 1. The topological polar surface area (TPSA) is 59.2 Å². The Hall–Kier alpha value is -1.58. The van der Waals surface area contributed by atoms with Crippen molar-refractivity contribution in [1.82, 2.24) is 9.88 Å². The Kier molecular flexibility index (Phi) is 3.55. The molecule has 0 aliphatic heterocycles. The molecular formula is C14H21N3O. The quantitative estimate of drug-likeness (QED) is 0.887. The van der Waals surface area contributed by atoms with Crippen LogP contribution in [0.15, 0.2) is 12.3 Å². The van der Waals surface area contributed by atoms with E-state index >= 15 is 0 Å². The molecule has 0 unspecified atom stereocenters. The molecule has 18 heavy (non-hydrogen) atoms. The van der Waals surface area contributed by atoms with E-state index in [-0.39, 0.29) is 11.9 Å². The van der Waals surface area contributed by atoms with Crippen molar-refractivity contribution in [3.8, 4) is 0 Å². The molecule has 0 bridgehead atoms. The third kappa shape index (κ3) is 2.81. The van der Waals surface area contributed by atoms with Gasteiger partial charge < -0.3 is 10.6 Å². The minimum absolute atomic E-state index is 0.00176. The summed E-state index contributed by atoms with van der Waals surface area (Å²) in [4.78, 5) is 18.6. The standard InChI is InChI=1S/C14H21N3O/c1-9(2)17(8-11-4-5-11)14(18)12-7-16-10(3)6-13(12)15/h6-7,9,11H,4-5,8H2,1-3H3,(H2,15,16). The van der Waals surface area contributed by atoms with Crippen LogP contribution in [0.3, 0.4) is 0 Å². The molecule has 0 aromatic carbocycles. The summed E-state index contributed by atoms with van der Waals surface area (Å²) in [6.45, 7) is 6.79. The molecule has 1 aromatic heterocycles. The summed E-state index contributed by atoms with van der Waals surface area (Å²) >= 11 is 0. The maximum absolute atomic E-state index is 12.5. The number of carbonyl (C=O) groups excluding carboxylic acids is 1. The van der Waals surface area contributed by atoms with Crippen molar-refractivity contribution in [2.24, 2.45) is 5.92 Å². The Bertz CT molecular complexity index is 452. The molecule has 1 aromatic rings. The predicted octanol–water partition coefficient (Wildman–Crippen LogP) is 2.23. The van der Waals surface area contributed by atoms with Crippen molar-refractivity contribution in [1.29, 1.82) is 0 Å². The highest BCUT2D eigenvalue weighted by molar-refractivity contribution is 5.99. The Balaban J connectivity index is 2.20. The van der Waals surface area contributed by atoms with E-state index in [0.717, 1.165) is 12.2 Å². The number of nitrogens with two attached hydrogens (primary N) is 1. The first-order valence-corrected chi connectivity index (χ1v) is 6.52. The van der Waals surface area contributed by atoms with E-state index in [9.17, 15) is 4.79 Å². The minimum atomic E-state index is 0.00176. The molecule has 1 aliphatic rings. The molecule has 0 spiro atoms. The fraction of sp³-hybridized carbons (Fsp3) is 0.571. The van der Waals surface area contributed by atoms with E-state index in [1.807, 2.05) is 25.7 Å². The lowest BCUT2D eigenvalue weighted by Gasteiger charge is -2.27. The SMILES string of the molecule is Cc1cc(N)c(C(=O)N(CC2CC2)C(C)C)cn1. The van der Waals surface area contributed by atoms with Crippen LogP contribution in [0.25, 0.3) is 0 Å². The van der Waals surface area contributed by atoms with Crippen LogP contribution in [-0.2, 0) is 0 Å². The number of pyridine rings is 1. The lowest BCUT2D eigenvalue weighted by atomic mass is 10.1. The number of hydrogen-bond acceptors (Lipinski definition) is 3. The Morgan fingerprint density at radius 2 is 2.22 bits per heavy atom. The second kappa shape index (κ2) is 4.96. The lowest BCUT2D eigenvalue weighted by molar-refractivity contribution is 0.0697. The highest BCUT2D eigenvalue weighted by Gasteiger charge is 2.29. The van der Waals surface area contributed by atoms with Gasteiger partial charge in [0.15, 0.2) is 0 Å². The first-order valence-electron chi connectivity index (χ1n) is 6.52. The Morgan fingerprint density at radius 3 is 2.72 bits per heavy atom. The molecule has 1 fully saturated rings. The molecule has 98 valence electrons. The zero-order valence-corrected chi connectivity index (χ0v) is 11.3. The van der Waals surface area contributed by atoms with Crippen molar-refractivity contribution in [3.63, 3.8) is 0 Å². The van der Waals surface area contributed by atoms with Crippen LogP contribution in [-0.4, -0.2) is 28.4 Å². The van der Waals surface area contributed by atoms with E-state index in [0.29, 0.717) is 17.2 Å². The average Bonchev–Trinajstić information content (AvgIpc) is 3.08. The molecule has 1 amide bonds. The maximum Gasteiger partial charge on any atom is 0.257 e. The Morgan fingerprint density at radius 1 is 1.56 bits per heavy atom. The molecule has 0 atom stereocenters. The van der Waals surface area contributed by atoms with Gasteiger partial charge in [-0.2, -0.15) is 0 Å². The van der Waals surface area contributed by atoms with Crippen LogP contribution in [0, 0.1) is 12.8 Å². The number of aryl methyl sites for hydroxylation is 1. The fourth-order valence-corrected chi connectivity index (χ4v) is 2.02. The smallest absolute Gasteiger partial charge is 0.257 e. The number of rotatable bonds is 4. The summed E-state index contributed by atoms with van der Waals surface area (Å²) < 4.78 is 0. The lowest BCUT2D eigenvalue weighted by Crippen LogP contribution is -2.38. The molecule has 1 saturated carbocycles. The van der Waals surface area contributed by atoms with Crippen LogP contribution >= 0.6 is 0 Å². The van der Waals surface area contributed by atoms with Crippen molar-refractivity contribution >= 4 is 11.6 Å². The number of aromatic nitrogens is 1. The van der Waals surface area contributed by atoms with E-state index in [1.165, 1.54) is 12.8 Å². The number of carbonyl (C=O) groups is 1. The van der Waals surface area contributed by atoms with Gasteiger partial charge in [0.05, 0.1) is 5.56 Å². The van der Waals surface area contributed by atoms with Gasteiger partial charge in [-0.15, -0.1) is 0 Å². The predicted molar refractivity (Wildman–Crippen MR) is 72.3 cm³/mol. The van der Waals surface area contributed by atoms with Crippen LogP contribution in [0.2, 0.25) is 0 Å². The zero-order chi connectivity index (χ0) is 13.3.